The average Bonchev–Trinajstić information content (AvgIpc) is 3.27. The zero-order valence-electron chi connectivity index (χ0n) is 14.6. The van der Waals surface area contributed by atoms with Gasteiger partial charge in [-0.05, 0) is 85.9 Å². The summed E-state index contributed by atoms with van der Waals surface area (Å²) < 4.78 is 10.9. The van der Waals surface area contributed by atoms with Crippen molar-refractivity contribution in [3.63, 3.8) is 0 Å². The molecule has 0 N–H and O–H groups in total. The molecule has 2 bridgehead atoms. The van der Waals surface area contributed by atoms with Crippen LogP contribution in [0.4, 0.5) is 0 Å². The van der Waals surface area contributed by atoms with E-state index < -0.39 is 0 Å². The van der Waals surface area contributed by atoms with E-state index in [1.807, 2.05) is 0 Å². The molecule has 0 radical (unpaired) electrons. The molecule has 3 heteroatoms. The van der Waals surface area contributed by atoms with Crippen molar-refractivity contribution in [3.8, 4) is 11.5 Å². The third-order valence-corrected chi connectivity index (χ3v) is 5.65. The van der Waals surface area contributed by atoms with Crippen LogP contribution in [-0.2, 0) is 4.74 Å². The van der Waals surface area contributed by atoms with Gasteiger partial charge in [0.1, 0.15) is 11.5 Å². The highest BCUT2D eigenvalue weighted by Gasteiger charge is 2.39. The summed E-state index contributed by atoms with van der Waals surface area (Å²) in [4.78, 5) is 11.7. The van der Waals surface area contributed by atoms with Crippen molar-refractivity contribution in [2.45, 2.75) is 38.5 Å². The van der Waals surface area contributed by atoms with Crippen LogP contribution in [0.1, 0.15) is 54.4 Å². The predicted octanol–water partition coefficient (Wildman–Crippen LogP) is 5.56. The Labute approximate surface area is 149 Å². The molecule has 2 saturated carbocycles. The van der Waals surface area contributed by atoms with Gasteiger partial charge in [0.05, 0.1) is 12.2 Å². The van der Waals surface area contributed by atoms with Gasteiger partial charge in [0, 0.05) is 0 Å². The standard InChI is InChI=1S/C22H24O3/c1-2-24-22(23)17-7-11-20(12-8-17)25-19-9-5-16(6-10-19)21-14-15-3-4-18(21)13-15/h5-12,15,18,21H,2-4,13-14H2,1H3/t15-,18+,21?/m1/s1. The van der Waals surface area contributed by atoms with E-state index in [0.29, 0.717) is 12.2 Å². The third kappa shape index (κ3) is 3.41. The highest BCUT2D eigenvalue weighted by Crippen LogP contribution is 2.52. The summed E-state index contributed by atoms with van der Waals surface area (Å²) in [5.41, 5.74) is 2.00. The van der Waals surface area contributed by atoms with E-state index in [2.05, 4.69) is 24.3 Å². The molecule has 2 aromatic rings. The summed E-state index contributed by atoms with van der Waals surface area (Å²) in [5, 5.41) is 0. The number of esters is 1. The van der Waals surface area contributed by atoms with Crippen LogP contribution >= 0.6 is 0 Å². The van der Waals surface area contributed by atoms with E-state index in [-0.39, 0.29) is 5.97 Å². The summed E-state index contributed by atoms with van der Waals surface area (Å²) in [5.74, 6) is 3.86. The Morgan fingerprint density at radius 2 is 1.64 bits per heavy atom. The smallest absolute Gasteiger partial charge is 0.338 e. The number of hydrogen-bond donors (Lipinski definition) is 0. The molecular weight excluding hydrogens is 312 g/mol. The highest BCUT2D eigenvalue weighted by atomic mass is 16.5. The fourth-order valence-corrected chi connectivity index (χ4v) is 4.45. The van der Waals surface area contributed by atoms with E-state index in [1.54, 1.807) is 31.2 Å². The largest absolute Gasteiger partial charge is 0.462 e. The Morgan fingerprint density at radius 3 is 2.20 bits per heavy atom. The molecule has 2 fully saturated rings. The lowest BCUT2D eigenvalue weighted by molar-refractivity contribution is 0.0526. The second-order valence-electron chi connectivity index (χ2n) is 7.20. The van der Waals surface area contributed by atoms with Gasteiger partial charge in [-0.1, -0.05) is 18.6 Å². The summed E-state index contributed by atoms with van der Waals surface area (Å²) in [6.45, 7) is 2.18. The Hall–Kier alpha value is -2.29. The quantitative estimate of drug-likeness (QED) is 0.671. The molecule has 25 heavy (non-hydrogen) atoms. The minimum absolute atomic E-state index is 0.302. The van der Waals surface area contributed by atoms with Crippen molar-refractivity contribution in [2.75, 3.05) is 6.61 Å². The highest BCUT2D eigenvalue weighted by molar-refractivity contribution is 5.89. The van der Waals surface area contributed by atoms with E-state index in [1.165, 1.54) is 31.2 Å². The molecular formula is C22H24O3. The first kappa shape index (κ1) is 16.2. The zero-order chi connectivity index (χ0) is 17.2. The number of ether oxygens (including phenoxy) is 2. The van der Waals surface area contributed by atoms with Gasteiger partial charge in [-0.25, -0.2) is 4.79 Å². The Kier molecular flexibility index (Phi) is 4.48. The first-order valence-electron chi connectivity index (χ1n) is 9.28. The fraction of sp³-hybridized carbons (Fsp3) is 0.409. The van der Waals surface area contributed by atoms with Crippen LogP contribution in [0.25, 0.3) is 0 Å². The van der Waals surface area contributed by atoms with Gasteiger partial charge >= 0.3 is 5.97 Å². The first-order valence-corrected chi connectivity index (χ1v) is 9.28. The SMILES string of the molecule is CCOC(=O)c1ccc(Oc2ccc(C3C[C@@H]4CC[C@H]3C4)cc2)cc1. The predicted molar refractivity (Wildman–Crippen MR) is 97.1 cm³/mol. The lowest BCUT2D eigenvalue weighted by atomic mass is 9.83. The lowest BCUT2D eigenvalue weighted by Gasteiger charge is -2.22. The van der Waals surface area contributed by atoms with Gasteiger partial charge in [-0.15, -0.1) is 0 Å². The monoisotopic (exact) mass is 336 g/mol. The first-order chi connectivity index (χ1) is 12.2. The minimum atomic E-state index is -0.302. The van der Waals surface area contributed by atoms with Crippen LogP contribution in [0.5, 0.6) is 11.5 Å². The van der Waals surface area contributed by atoms with Gasteiger partial charge in [-0.2, -0.15) is 0 Å². The van der Waals surface area contributed by atoms with Gasteiger partial charge in [0.2, 0.25) is 0 Å². The topological polar surface area (TPSA) is 35.5 Å². The normalized spacial score (nSPS) is 24.3. The Bertz CT molecular complexity index is 733. The number of benzene rings is 2. The third-order valence-electron chi connectivity index (χ3n) is 5.65. The summed E-state index contributed by atoms with van der Waals surface area (Å²) in [6, 6.07) is 15.6. The van der Waals surface area contributed by atoms with Gasteiger partial charge in [0.15, 0.2) is 0 Å². The van der Waals surface area contributed by atoms with Gasteiger partial charge < -0.3 is 9.47 Å². The van der Waals surface area contributed by atoms with Crippen molar-refractivity contribution in [3.05, 3.63) is 59.7 Å². The minimum Gasteiger partial charge on any atom is -0.462 e. The van der Waals surface area contributed by atoms with Crippen LogP contribution in [0.2, 0.25) is 0 Å². The molecule has 3 nitrogen and oxygen atoms in total. The summed E-state index contributed by atoms with van der Waals surface area (Å²) in [6.07, 6.45) is 5.63. The maximum Gasteiger partial charge on any atom is 0.338 e. The van der Waals surface area contributed by atoms with Crippen molar-refractivity contribution < 1.29 is 14.3 Å². The molecule has 0 saturated heterocycles. The molecule has 2 aliphatic carbocycles. The Balaban J connectivity index is 1.40. The molecule has 0 aromatic heterocycles. The van der Waals surface area contributed by atoms with Crippen molar-refractivity contribution in [2.24, 2.45) is 11.8 Å². The van der Waals surface area contributed by atoms with Crippen LogP contribution in [0.3, 0.4) is 0 Å². The van der Waals surface area contributed by atoms with Gasteiger partial charge in [-0.3, -0.25) is 0 Å². The van der Waals surface area contributed by atoms with Crippen molar-refractivity contribution in [1.29, 1.82) is 0 Å². The number of rotatable bonds is 5. The summed E-state index contributed by atoms with van der Waals surface area (Å²) >= 11 is 0. The maximum absolute atomic E-state index is 11.7. The molecule has 4 rings (SSSR count). The van der Waals surface area contributed by atoms with E-state index in [4.69, 9.17) is 9.47 Å². The molecule has 0 spiro atoms. The number of carbonyl (C=O) groups is 1. The average molecular weight is 336 g/mol. The molecule has 0 aliphatic heterocycles. The maximum atomic E-state index is 11.7. The molecule has 130 valence electrons. The molecule has 0 heterocycles. The van der Waals surface area contributed by atoms with Crippen molar-refractivity contribution >= 4 is 5.97 Å². The summed E-state index contributed by atoms with van der Waals surface area (Å²) in [7, 11) is 0. The number of fused-ring (bicyclic) bond motifs is 2. The van der Waals surface area contributed by atoms with Crippen molar-refractivity contribution in [1.82, 2.24) is 0 Å². The van der Waals surface area contributed by atoms with E-state index >= 15 is 0 Å². The second kappa shape index (κ2) is 6.91. The van der Waals surface area contributed by atoms with Crippen LogP contribution in [0, 0.1) is 11.8 Å². The molecule has 3 atom stereocenters. The zero-order valence-corrected chi connectivity index (χ0v) is 14.6. The molecule has 2 aromatic carbocycles. The fourth-order valence-electron chi connectivity index (χ4n) is 4.45. The molecule has 0 amide bonds. The van der Waals surface area contributed by atoms with Crippen LogP contribution in [-0.4, -0.2) is 12.6 Å². The van der Waals surface area contributed by atoms with E-state index in [9.17, 15) is 4.79 Å². The number of carbonyl (C=O) groups excluding carboxylic acids is 1. The van der Waals surface area contributed by atoms with Crippen LogP contribution < -0.4 is 4.74 Å². The molecule has 1 unspecified atom stereocenters. The van der Waals surface area contributed by atoms with Crippen LogP contribution in [0.15, 0.2) is 48.5 Å². The molecule has 2 aliphatic rings. The number of hydrogen-bond acceptors (Lipinski definition) is 3. The van der Waals surface area contributed by atoms with E-state index in [0.717, 1.165) is 29.3 Å². The lowest BCUT2D eigenvalue weighted by Crippen LogP contribution is -2.08. The van der Waals surface area contributed by atoms with Gasteiger partial charge in [0.25, 0.3) is 0 Å². The second-order valence-corrected chi connectivity index (χ2v) is 7.20. The Morgan fingerprint density at radius 1 is 0.960 bits per heavy atom.